The number of carboxylic acid groups (broad SMARTS) is 1. The van der Waals surface area contributed by atoms with E-state index < -0.39 is 5.97 Å². The summed E-state index contributed by atoms with van der Waals surface area (Å²) < 4.78 is 5.45. The van der Waals surface area contributed by atoms with Gasteiger partial charge < -0.3 is 9.84 Å². The third-order valence-electron chi connectivity index (χ3n) is 2.91. The van der Waals surface area contributed by atoms with Gasteiger partial charge >= 0.3 is 5.97 Å². The van der Waals surface area contributed by atoms with Gasteiger partial charge in [-0.2, -0.15) is 0 Å². The van der Waals surface area contributed by atoms with Crippen LogP contribution in [0.4, 0.5) is 0 Å². The van der Waals surface area contributed by atoms with Crippen molar-refractivity contribution in [2.24, 2.45) is 0 Å². The number of carbonyl (C=O) groups is 1. The second-order valence-electron chi connectivity index (χ2n) is 4.39. The number of hydrogen-bond acceptors (Lipinski definition) is 5. The van der Waals surface area contributed by atoms with Crippen LogP contribution in [0.3, 0.4) is 0 Å². The molecular formula is C14H11N4O3P. The van der Waals surface area contributed by atoms with Crippen molar-refractivity contribution in [3.05, 3.63) is 48.3 Å². The standard InChI is InChI=1S/C14H11N4O3P/c19-14(20)12-13(17-18-16-12)21-10-3-1-8(2-4-10)9-5-6-15-11(22)7-9/h1-7H,22H2,(H,19,20)(H,16,17,18). The monoisotopic (exact) mass is 314 g/mol. The highest BCUT2D eigenvalue weighted by Gasteiger charge is 2.16. The summed E-state index contributed by atoms with van der Waals surface area (Å²) in [6.07, 6.45) is 1.73. The minimum atomic E-state index is -1.20. The number of hydrogen-bond donors (Lipinski definition) is 2. The molecule has 0 fully saturated rings. The third-order valence-corrected chi connectivity index (χ3v) is 3.22. The van der Waals surface area contributed by atoms with Crippen molar-refractivity contribution in [1.29, 1.82) is 0 Å². The molecule has 1 unspecified atom stereocenters. The SMILES string of the molecule is O=C(O)c1nn[nH]c1Oc1ccc(-c2ccnc(P)c2)cc1. The fourth-order valence-electron chi connectivity index (χ4n) is 1.89. The number of H-pyrrole nitrogens is 1. The van der Waals surface area contributed by atoms with E-state index in [-0.39, 0.29) is 11.6 Å². The minimum Gasteiger partial charge on any atom is -0.476 e. The van der Waals surface area contributed by atoms with Crippen LogP contribution >= 0.6 is 9.24 Å². The highest BCUT2D eigenvalue weighted by molar-refractivity contribution is 7.26. The number of aromatic nitrogens is 4. The van der Waals surface area contributed by atoms with Crippen LogP contribution in [0, 0.1) is 0 Å². The molecule has 0 radical (unpaired) electrons. The lowest BCUT2D eigenvalue weighted by molar-refractivity contribution is 0.0687. The van der Waals surface area contributed by atoms with E-state index in [1.807, 2.05) is 24.3 Å². The fourth-order valence-corrected chi connectivity index (χ4v) is 2.16. The fraction of sp³-hybridized carbons (Fsp3) is 0. The van der Waals surface area contributed by atoms with Crippen LogP contribution in [-0.4, -0.2) is 31.5 Å². The summed E-state index contributed by atoms with van der Waals surface area (Å²) in [5, 5.41) is 18.2. The molecule has 3 aromatic rings. The van der Waals surface area contributed by atoms with Crippen molar-refractivity contribution in [1.82, 2.24) is 20.4 Å². The summed E-state index contributed by atoms with van der Waals surface area (Å²) >= 11 is 0. The zero-order valence-corrected chi connectivity index (χ0v) is 12.4. The zero-order valence-electron chi connectivity index (χ0n) is 11.2. The minimum absolute atomic E-state index is 0.00333. The molecule has 110 valence electrons. The molecule has 0 spiro atoms. The lowest BCUT2D eigenvalue weighted by Gasteiger charge is -2.06. The Morgan fingerprint density at radius 3 is 2.64 bits per heavy atom. The summed E-state index contributed by atoms with van der Waals surface area (Å²) in [5.74, 6) is -0.723. The molecule has 0 saturated carbocycles. The summed E-state index contributed by atoms with van der Waals surface area (Å²) in [5.41, 5.74) is 2.62. The van der Waals surface area contributed by atoms with Gasteiger partial charge in [-0.3, -0.25) is 4.98 Å². The lowest BCUT2D eigenvalue weighted by atomic mass is 10.1. The maximum Gasteiger partial charge on any atom is 0.362 e. The summed E-state index contributed by atoms with van der Waals surface area (Å²) in [6.45, 7) is 0. The molecular weight excluding hydrogens is 303 g/mol. The Labute approximate surface area is 127 Å². The van der Waals surface area contributed by atoms with E-state index in [2.05, 4.69) is 29.6 Å². The number of aromatic amines is 1. The molecule has 2 aromatic heterocycles. The van der Waals surface area contributed by atoms with Crippen molar-refractivity contribution in [2.75, 3.05) is 0 Å². The van der Waals surface area contributed by atoms with E-state index in [9.17, 15) is 4.79 Å². The Balaban J connectivity index is 1.83. The highest BCUT2D eigenvalue weighted by atomic mass is 31.0. The Bertz CT molecular complexity index is 817. The van der Waals surface area contributed by atoms with Crippen LogP contribution in [0.5, 0.6) is 11.6 Å². The van der Waals surface area contributed by atoms with E-state index in [1.165, 1.54) is 0 Å². The van der Waals surface area contributed by atoms with Crippen LogP contribution in [0.1, 0.15) is 10.5 Å². The molecule has 0 aliphatic carbocycles. The molecule has 2 N–H and O–H groups in total. The number of rotatable bonds is 4. The van der Waals surface area contributed by atoms with Gasteiger partial charge in [0.05, 0.1) is 5.44 Å². The molecule has 7 nitrogen and oxygen atoms in total. The lowest BCUT2D eigenvalue weighted by Crippen LogP contribution is -1.99. The van der Waals surface area contributed by atoms with E-state index in [0.717, 1.165) is 16.6 Å². The normalized spacial score (nSPS) is 10.4. The first kappa shape index (κ1) is 14.2. The number of ether oxygens (including phenoxy) is 1. The average Bonchev–Trinajstić information content (AvgIpc) is 2.96. The van der Waals surface area contributed by atoms with Gasteiger partial charge in [-0.1, -0.05) is 26.6 Å². The van der Waals surface area contributed by atoms with Crippen LogP contribution < -0.4 is 10.2 Å². The predicted molar refractivity (Wildman–Crippen MR) is 82.4 cm³/mol. The van der Waals surface area contributed by atoms with Crippen molar-refractivity contribution in [3.8, 4) is 22.8 Å². The number of benzene rings is 1. The first-order valence-electron chi connectivity index (χ1n) is 6.27. The quantitative estimate of drug-likeness (QED) is 0.713. The van der Waals surface area contributed by atoms with Crippen molar-refractivity contribution < 1.29 is 14.6 Å². The molecule has 0 aliphatic heterocycles. The smallest absolute Gasteiger partial charge is 0.362 e. The second-order valence-corrected chi connectivity index (χ2v) is 4.98. The van der Waals surface area contributed by atoms with Gasteiger partial charge in [0.1, 0.15) is 5.75 Å². The highest BCUT2D eigenvalue weighted by Crippen LogP contribution is 2.25. The van der Waals surface area contributed by atoms with E-state index in [0.29, 0.717) is 5.75 Å². The topological polar surface area (TPSA) is 101 Å². The molecule has 1 aromatic carbocycles. The van der Waals surface area contributed by atoms with Gasteiger partial charge in [0.25, 0.3) is 5.88 Å². The number of aromatic carboxylic acids is 1. The van der Waals surface area contributed by atoms with Crippen LogP contribution in [0.25, 0.3) is 11.1 Å². The molecule has 22 heavy (non-hydrogen) atoms. The van der Waals surface area contributed by atoms with Crippen LogP contribution in [0.15, 0.2) is 42.6 Å². The van der Waals surface area contributed by atoms with Crippen molar-refractivity contribution >= 4 is 20.6 Å². The molecule has 0 amide bonds. The van der Waals surface area contributed by atoms with E-state index >= 15 is 0 Å². The van der Waals surface area contributed by atoms with Gasteiger partial charge in [-0.15, -0.1) is 5.10 Å². The van der Waals surface area contributed by atoms with Crippen molar-refractivity contribution in [3.63, 3.8) is 0 Å². The summed E-state index contributed by atoms with van der Waals surface area (Å²) in [7, 11) is 2.55. The van der Waals surface area contributed by atoms with Gasteiger partial charge in [-0.05, 0) is 35.4 Å². The average molecular weight is 314 g/mol. The molecule has 0 bridgehead atoms. The molecule has 3 rings (SSSR count). The maximum absolute atomic E-state index is 10.9. The third kappa shape index (κ3) is 2.94. The first-order valence-corrected chi connectivity index (χ1v) is 6.85. The molecule has 2 heterocycles. The summed E-state index contributed by atoms with van der Waals surface area (Å²) in [4.78, 5) is 15.1. The van der Waals surface area contributed by atoms with Crippen molar-refractivity contribution in [2.45, 2.75) is 0 Å². The summed E-state index contributed by atoms with van der Waals surface area (Å²) in [6, 6.07) is 11.1. The van der Waals surface area contributed by atoms with E-state index in [1.54, 1.807) is 18.3 Å². The van der Waals surface area contributed by atoms with Crippen LogP contribution in [-0.2, 0) is 0 Å². The second kappa shape index (κ2) is 5.91. The largest absolute Gasteiger partial charge is 0.476 e. The number of nitrogens with zero attached hydrogens (tertiary/aromatic N) is 3. The number of carboxylic acids is 1. The Morgan fingerprint density at radius 2 is 1.95 bits per heavy atom. The Kier molecular flexibility index (Phi) is 3.80. The Hall–Kier alpha value is -2.79. The van der Waals surface area contributed by atoms with Gasteiger partial charge in [0.15, 0.2) is 0 Å². The molecule has 0 saturated heterocycles. The molecule has 8 heteroatoms. The first-order chi connectivity index (χ1) is 10.6. The molecule has 0 aliphatic rings. The van der Waals surface area contributed by atoms with Crippen LogP contribution in [0.2, 0.25) is 0 Å². The van der Waals surface area contributed by atoms with Gasteiger partial charge in [0.2, 0.25) is 5.69 Å². The van der Waals surface area contributed by atoms with Gasteiger partial charge in [0, 0.05) is 6.20 Å². The predicted octanol–water partition coefficient (Wildman–Crippen LogP) is 1.86. The van der Waals surface area contributed by atoms with Gasteiger partial charge in [-0.25, -0.2) is 9.89 Å². The molecule has 1 atom stereocenters. The number of pyridine rings is 1. The maximum atomic E-state index is 10.9. The van der Waals surface area contributed by atoms with E-state index in [4.69, 9.17) is 9.84 Å². The Morgan fingerprint density at radius 1 is 1.18 bits per heavy atom. The number of nitrogens with one attached hydrogen (secondary N) is 1. The zero-order chi connectivity index (χ0) is 15.5.